The van der Waals surface area contributed by atoms with E-state index >= 15 is 0 Å². The highest BCUT2D eigenvalue weighted by atomic mass is 19.1. The Morgan fingerprint density at radius 1 is 1.08 bits per heavy atom. The highest BCUT2D eigenvalue weighted by molar-refractivity contribution is 5.43. The number of ether oxygens (including phenoxy) is 1. The number of likely N-dealkylation sites (N-methyl/N-ethyl adjacent to an activating group) is 1. The number of hydrogen-bond donors (Lipinski definition) is 1. The fraction of sp³-hybridized carbons (Fsp3) is 0.333. The molecule has 0 saturated carbocycles. The van der Waals surface area contributed by atoms with Crippen molar-refractivity contribution in [2.24, 2.45) is 0 Å². The van der Waals surface area contributed by atoms with Gasteiger partial charge in [0, 0.05) is 6.54 Å². The van der Waals surface area contributed by atoms with Crippen LogP contribution in [0.5, 0.6) is 0 Å². The summed E-state index contributed by atoms with van der Waals surface area (Å²) in [6.45, 7) is 0.917. The van der Waals surface area contributed by atoms with Crippen molar-refractivity contribution in [2.45, 2.75) is 19.1 Å². The standard InChI is InChI=1S/C18H21F2N3O/c1-22-11-17(20)23(21-16-10-6-5-9-15(16)19)12-18(22)24-13-14-7-3-2-4-8-14/h2-10,17-18,21H,11-13H2,1H3. The van der Waals surface area contributed by atoms with Crippen LogP contribution in [-0.2, 0) is 11.3 Å². The fourth-order valence-corrected chi connectivity index (χ4v) is 2.64. The molecular formula is C18H21F2N3O. The van der Waals surface area contributed by atoms with Crippen molar-refractivity contribution in [3.05, 3.63) is 66.0 Å². The monoisotopic (exact) mass is 333 g/mol. The van der Waals surface area contributed by atoms with Gasteiger partial charge in [-0.3, -0.25) is 4.90 Å². The Morgan fingerprint density at radius 3 is 2.54 bits per heavy atom. The minimum absolute atomic E-state index is 0.181. The zero-order chi connectivity index (χ0) is 16.9. The topological polar surface area (TPSA) is 27.7 Å². The van der Waals surface area contributed by atoms with Crippen molar-refractivity contribution in [2.75, 3.05) is 25.6 Å². The number of piperazine rings is 1. The third-order valence-corrected chi connectivity index (χ3v) is 4.04. The Labute approximate surface area is 140 Å². The van der Waals surface area contributed by atoms with E-state index in [0.717, 1.165) is 5.56 Å². The van der Waals surface area contributed by atoms with Gasteiger partial charge < -0.3 is 10.2 Å². The summed E-state index contributed by atoms with van der Waals surface area (Å²) in [7, 11) is 1.82. The van der Waals surface area contributed by atoms with Gasteiger partial charge in [-0.2, -0.15) is 5.01 Å². The maximum Gasteiger partial charge on any atom is 0.182 e. The van der Waals surface area contributed by atoms with Crippen LogP contribution < -0.4 is 5.43 Å². The maximum atomic E-state index is 14.3. The molecule has 1 fully saturated rings. The van der Waals surface area contributed by atoms with Crippen LogP contribution in [0.15, 0.2) is 54.6 Å². The first-order valence-electron chi connectivity index (χ1n) is 7.91. The number of hydrazine groups is 1. The second-order valence-corrected chi connectivity index (χ2v) is 5.87. The average molecular weight is 333 g/mol. The molecule has 4 nitrogen and oxygen atoms in total. The molecule has 0 radical (unpaired) electrons. The molecule has 0 amide bonds. The van der Waals surface area contributed by atoms with Crippen LogP contribution in [0.2, 0.25) is 0 Å². The van der Waals surface area contributed by atoms with E-state index < -0.39 is 12.1 Å². The quantitative estimate of drug-likeness (QED) is 0.850. The first kappa shape index (κ1) is 16.8. The number of benzene rings is 2. The molecule has 1 aliphatic rings. The molecule has 1 saturated heterocycles. The van der Waals surface area contributed by atoms with Gasteiger partial charge in [-0.1, -0.05) is 42.5 Å². The van der Waals surface area contributed by atoms with Crippen LogP contribution in [0.25, 0.3) is 0 Å². The Bertz CT molecular complexity index is 656. The molecule has 24 heavy (non-hydrogen) atoms. The minimum Gasteiger partial charge on any atom is -0.357 e. The Hall–Kier alpha value is -2.02. The van der Waals surface area contributed by atoms with Gasteiger partial charge in [-0.25, -0.2) is 8.78 Å². The second-order valence-electron chi connectivity index (χ2n) is 5.87. The highest BCUT2D eigenvalue weighted by Crippen LogP contribution is 2.20. The lowest BCUT2D eigenvalue weighted by Gasteiger charge is -2.41. The van der Waals surface area contributed by atoms with Gasteiger partial charge in [-0.05, 0) is 24.7 Å². The summed E-state index contributed by atoms with van der Waals surface area (Å²) in [5.41, 5.74) is 4.14. The molecule has 2 aromatic carbocycles. The van der Waals surface area contributed by atoms with Gasteiger partial charge in [0.25, 0.3) is 0 Å². The molecule has 2 aromatic rings. The van der Waals surface area contributed by atoms with Gasteiger partial charge in [0.15, 0.2) is 6.30 Å². The fourth-order valence-electron chi connectivity index (χ4n) is 2.64. The van der Waals surface area contributed by atoms with Crippen LogP contribution in [0.3, 0.4) is 0 Å². The Kier molecular flexibility index (Phi) is 5.40. The van der Waals surface area contributed by atoms with Gasteiger partial charge >= 0.3 is 0 Å². The van der Waals surface area contributed by atoms with Crippen molar-refractivity contribution in [1.82, 2.24) is 9.91 Å². The second kappa shape index (κ2) is 7.70. The molecule has 0 aliphatic carbocycles. The van der Waals surface area contributed by atoms with Crippen molar-refractivity contribution in [3.63, 3.8) is 0 Å². The number of hydrogen-bond acceptors (Lipinski definition) is 4. The molecular weight excluding hydrogens is 312 g/mol. The molecule has 0 aromatic heterocycles. The van der Waals surface area contributed by atoms with Crippen molar-refractivity contribution >= 4 is 5.69 Å². The molecule has 2 atom stereocenters. The number of halogens is 2. The number of rotatable bonds is 5. The summed E-state index contributed by atoms with van der Waals surface area (Å²) in [4.78, 5) is 1.83. The molecule has 2 unspecified atom stereocenters. The predicted octanol–water partition coefficient (Wildman–Crippen LogP) is 3.24. The van der Waals surface area contributed by atoms with E-state index in [-0.39, 0.29) is 18.5 Å². The molecule has 0 bridgehead atoms. The molecule has 128 valence electrons. The number of para-hydroxylation sites is 1. The summed E-state index contributed by atoms with van der Waals surface area (Å²) in [5, 5.41) is 1.38. The SMILES string of the molecule is CN1CC(F)N(Nc2ccccc2F)CC1OCc1ccccc1. The Morgan fingerprint density at radius 2 is 1.79 bits per heavy atom. The first-order valence-corrected chi connectivity index (χ1v) is 7.91. The smallest absolute Gasteiger partial charge is 0.182 e. The molecule has 1 heterocycles. The van der Waals surface area contributed by atoms with Gasteiger partial charge in [0.1, 0.15) is 12.0 Å². The lowest BCUT2D eigenvalue weighted by molar-refractivity contribution is -0.129. The summed E-state index contributed by atoms with van der Waals surface area (Å²) in [5.74, 6) is -0.412. The third-order valence-electron chi connectivity index (χ3n) is 4.04. The summed E-state index contributed by atoms with van der Waals surface area (Å²) >= 11 is 0. The van der Waals surface area contributed by atoms with E-state index in [1.54, 1.807) is 18.2 Å². The largest absolute Gasteiger partial charge is 0.357 e. The van der Waals surface area contributed by atoms with Crippen molar-refractivity contribution in [1.29, 1.82) is 0 Å². The van der Waals surface area contributed by atoms with Crippen molar-refractivity contribution in [3.8, 4) is 0 Å². The van der Waals surface area contributed by atoms with Gasteiger partial charge in [0.05, 0.1) is 18.8 Å². The zero-order valence-corrected chi connectivity index (χ0v) is 13.5. The summed E-state index contributed by atoms with van der Waals surface area (Å²) < 4.78 is 34.0. The van der Waals surface area contributed by atoms with E-state index in [1.165, 1.54) is 11.1 Å². The van der Waals surface area contributed by atoms with E-state index in [0.29, 0.717) is 13.2 Å². The minimum atomic E-state index is -1.24. The van der Waals surface area contributed by atoms with Crippen LogP contribution in [0.1, 0.15) is 5.56 Å². The first-order chi connectivity index (χ1) is 11.6. The lowest BCUT2D eigenvalue weighted by Crippen LogP contribution is -2.58. The molecule has 1 N–H and O–H groups in total. The van der Waals surface area contributed by atoms with Crippen LogP contribution in [0, 0.1) is 5.82 Å². The van der Waals surface area contributed by atoms with Crippen LogP contribution >= 0.6 is 0 Å². The lowest BCUT2D eigenvalue weighted by atomic mass is 10.2. The summed E-state index contributed by atoms with van der Waals surface area (Å²) in [6, 6.07) is 16.0. The average Bonchev–Trinajstić information content (AvgIpc) is 2.59. The maximum absolute atomic E-state index is 14.3. The zero-order valence-electron chi connectivity index (χ0n) is 13.5. The molecule has 1 aliphatic heterocycles. The number of nitrogens with zero attached hydrogens (tertiary/aromatic N) is 2. The number of anilines is 1. The summed E-state index contributed by atoms with van der Waals surface area (Å²) in [6.07, 6.45) is -1.53. The Balaban J connectivity index is 1.62. The molecule has 6 heteroatoms. The van der Waals surface area contributed by atoms with E-state index in [2.05, 4.69) is 5.43 Å². The normalized spacial score (nSPS) is 22.5. The van der Waals surface area contributed by atoms with E-state index in [9.17, 15) is 8.78 Å². The predicted molar refractivity (Wildman–Crippen MR) is 89.3 cm³/mol. The molecule has 0 spiro atoms. The van der Waals surface area contributed by atoms with Crippen LogP contribution in [-0.4, -0.2) is 42.6 Å². The number of alkyl halides is 1. The van der Waals surface area contributed by atoms with E-state index in [4.69, 9.17) is 4.74 Å². The number of nitrogens with one attached hydrogen (secondary N) is 1. The molecule has 3 rings (SSSR count). The highest BCUT2D eigenvalue weighted by Gasteiger charge is 2.33. The van der Waals surface area contributed by atoms with Crippen LogP contribution in [0.4, 0.5) is 14.5 Å². The van der Waals surface area contributed by atoms with E-state index in [1.807, 2.05) is 42.3 Å². The third kappa shape index (κ3) is 4.08. The van der Waals surface area contributed by atoms with Gasteiger partial charge in [-0.15, -0.1) is 0 Å². The van der Waals surface area contributed by atoms with Gasteiger partial charge in [0.2, 0.25) is 0 Å². The van der Waals surface area contributed by atoms with Crippen molar-refractivity contribution < 1.29 is 13.5 Å².